The van der Waals surface area contributed by atoms with Crippen LogP contribution in [0.5, 0.6) is 0 Å². The van der Waals surface area contributed by atoms with Crippen molar-refractivity contribution in [3.05, 3.63) is 59.2 Å². The van der Waals surface area contributed by atoms with Crippen LogP contribution < -0.4 is 11.1 Å². The monoisotopic (exact) mass is 428 g/mol. The normalized spacial score (nSPS) is 21.1. The summed E-state index contributed by atoms with van der Waals surface area (Å²) in [5, 5.41) is 2.37. The summed E-state index contributed by atoms with van der Waals surface area (Å²) >= 11 is 0. The number of amidine groups is 1. The third-order valence-corrected chi connectivity index (χ3v) is 4.63. The second-order valence-electron chi connectivity index (χ2n) is 6.80. The number of aromatic nitrogens is 1. The Kier molecular flexibility index (Phi) is 5.75. The highest BCUT2D eigenvalue weighted by Gasteiger charge is 2.54. The highest BCUT2D eigenvalue weighted by Crippen LogP contribution is 2.44. The lowest BCUT2D eigenvalue weighted by Gasteiger charge is -2.33. The Labute approximate surface area is 168 Å². The number of rotatable bonds is 4. The van der Waals surface area contributed by atoms with Crippen LogP contribution in [0.25, 0.3) is 0 Å². The van der Waals surface area contributed by atoms with Crippen LogP contribution in [-0.4, -0.2) is 35.9 Å². The second kappa shape index (κ2) is 7.98. The highest BCUT2D eigenvalue weighted by atomic mass is 19.3. The molecule has 0 fully saturated rings. The minimum absolute atomic E-state index is 0.0212. The number of alkyl halides is 4. The van der Waals surface area contributed by atoms with Crippen molar-refractivity contribution in [3.63, 3.8) is 0 Å². The van der Waals surface area contributed by atoms with Crippen molar-refractivity contribution in [2.75, 3.05) is 18.5 Å². The average molecular weight is 428 g/mol. The summed E-state index contributed by atoms with van der Waals surface area (Å²) in [6, 6.07) is 5.19. The van der Waals surface area contributed by atoms with E-state index in [0.29, 0.717) is 0 Å². The number of pyridine rings is 1. The Morgan fingerprint density at radius 2 is 2.00 bits per heavy atom. The minimum atomic E-state index is -3.59. The lowest BCUT2D eigenvalue weighted by molar-refractivity contribution is -0.116. The summed E-state index contributed by atoms with van der Waals surface area (Å²) in [4.78, 5) is 19.7. The van der Waals surface area contributed by atoms with E-state index in [1.807, 2.05) is 0 Å². The van der Waals surface area contributed by atoms with Gasteiger partial charge < -0.3 is 15.8 Å². The molecule has 0 radical (unpaired) electrons. The van der Waals surface area contributed by atoms with Crippen LogP contribution in [0.15, 0.2) is 41.5 Å². The highest BCUT2D eigenvalue weighted by molar-refractivity contribution is 6.02. The molecule has 160 valence electrons. The molecule has 11 heteroatoms. The first-order valence-electron chi connectivity index (χ1n) is 8.69. The summed E-state index contributed by atoms with van der Waals surface area (Å²) in [7, 11) is 0. The topological polar surface area (TPSA) is 89.6 Å². The van der Waals surface area contributed by atoms with Gasteiger partial charge in [0.25, 0.3) is 18.3 Å². The molecule has 1 aliphatic rings. The van der Waals surface area contributed by atoms with Crippen LogP contribution in [0.4, 0.5) is 27.6 Å². The zero-order chi connectivity index (χ0) is 22.1. The zero-order valence-electron chi connectivity index (χ0n) is 15.6. The van der Waals surface area contributed by atoms with Gasteiger partial charge in [0.15, 0.2) is 5.54 Å². The van der Waals surface area contributed by atoms with Crippen molar-refractivity contribution in [1.29, 1.82) is 0 Å². The molecule has 6 nitrogen and oxygen atoms in total. The number of hydrogen-bond donors (Lipinski definition) is 2. The lowest BCUT2D eigenvalue weighted by atomic mass is 9.85. The van der Waals surface area contributed by atoms with Crippen LogP contribution in [0.2, 0.25) is 0 Å². The Bertz CT molecular complexity index is 981. The fourth-order valence-electron chi connectivity index (χ4n) is 2.92. The fourth-order valence-corrected chi connectivity index (χ4v) is 2.92. The number of nitrogens with two attached hydrogens (primary N) is 1. The van der Waals surface area contributed by atoms with Crippen molar-refractivity contribution in [2.24, 2.45) is 10.7 Å². The molecule has 30 heavy (non-hydrogen) atoms. The molecule has 3 N–H and O–H groups in total. The van der Waals surface area contributed by atoms with E-state index < -0.39 is 41.8 Å². The molecule has 1 aliphatic heterocycles. The van der Waals surface area contributed by atoms with Crippen molar-refractivity contribution in [2.45, 2.75) is 24.8 Å². The molecule has 1 aromatic carbocycles. The summed E-state index contributed by atoms with van der Waals surface area (Å²) in [6.07, 6.45) is -1.89. The molecule has 1 atom stereocenters. The van der Waals surface area contributed by atoms with Crippen LogP contribution >= 0.6 is 0 Å². The number of amides is 1. The maximum atomic E-state index is 14.7. The Morgan fingerprint density at radius 3 is 2.63 bits per heavy atom. The zero-order valence-corrected chi connectivity index (χ0v) is 15.6. The number of ether oxygens (including phenoxy) is 1. The van der Waals surface area contributed by atoms with Gasteiger partial charge in [-0.2, -0.15) is 0 Å². The van der Waals surface area contributed by atoms with Crippen LogP contribution in [0.3, 0.4) is 0 Å². The number of nitrogens with zero attached hydrogens (tertiary/aromatic N) is 2. The van der Waals surface area contributed by atoms with Crippen molar-refractivity contribution < 1.29 is 31.5 Å². The summed E-state index contributed by atoms with van der Waals surface area (Å²) in [5.41, 5.74) is 2.13. The van der Waals surface area contributed by atoms with Gasteiger partial charge in [0, 0.05) is 23.0 Å². The predicted octanol–water partition coefficient (Wildman–Crippen LogP) is 3.65. The molecule has 3 rings (SSSR count). The number of benzene rings is 1. The molecule has 1 aromatic heterocycles. The molecular formula is C19H17F5N4O2. The number of carbonyl (C=O) groups excluding carboxylic acids is 1. The molecule has 0 bridgehead atoms. The molecule has 0 saturated heterocycles. The maximum absolute atomic E-state index is 14.7. The van der Waals surface area contributed by atoms with Gasteiger partial charge in [-0.05, 0) is 37.3 Å². The molecule has 1 unspecified atom stereocenters. The Morgan fingerprint density at radius 1 is 1.27 bits per heavy atom. The van der Waals surface area contributed by atoms with Gasteiger partial charge in [-0.25, -0.2) is 22.0 Å². The number of anilines is 1. The second-order valence-corrected chi connectivity index (χ2v) is 6.80. The van der Waals surface area contributed by atoms with Crippen LogP contribution in [0.1, 0.15) is 35.0 Å². The number of carbonyl (C=O) groups is 1. The van der Waals surface area contributed by atoms with Gasteiger partial charge in [0.05, 0.1) is 0 Å². The maximum Gasteiger partial charge on any atom is 0.299 e. The first kappa shape index (κ1) is 21.6. The number of nitrogens with one attached hydrogen (secondary N) is 1. The Balaban J connectivity index is 1.93. The van der Waals surface area contributed by atoms with E-state index in [1.54, 1.807) is 0 Å². The van der Waals surface area contributed by atoms with Crippen LogP contribution in [-0.2, 0) is 10.3 Å². The fraction of sp³-hybridized carbons (Fsp3) is 0.316. The minimum Gasteiger partial charge on any atom is -0.385 e. The molecule has 0 spiro atoms. The summed E-state index contributed by atoms with van der Waals surface area (Å²) in [5.74, 6) is -5.60. The first-order chi connectivity index (χ1) is 14.0. The van der Waals surface area contributed by atoms with E-state index in [4.69, 9.17) is 10.5 Å². The third-order valence-electron chi connectivity index (χ3n) is 4.63. The van der Waals surface area contributed by atoms with Gasteiger partial charge in [0.2, 0.25) is 0 Å². The van der Waals surface area contributed by atoms with E-state index in [1.165, 1.54) is 0 Å². The van der Waals surface area contributed by atoms with E-state index in [-0.39, 0.29) is 29.4 Å². The van der Waals surface area contributed by atoms with Gasteiger partial charge in [-0.3, -0.25) is 14.8 Å². The van der Waals surface area contributed by atoms with Crippen LogP contribution in [0, 0.1) is 5.82 Å². The van der Waals surface area contributed by atoms with E-state index >= 15 is 0 Å². The molecule has 2 heterocycles. The van der Waals surface area contributed by atoms with Crippen molar-refractivity contribution in [3.8, 4) is 0 Å². The molecule has 2 aromatic rings. The molecule has 0 aliphatic carbocycles. The lowest BCUT2D eigenvalue weighted by Crippen LogP contribution is -2.45. The first-order valence-corrected chi connectivity index (χ1v) is 8.69. The number of hydrogen-bond acceptors (Lipinski definition) is 5. The van der Waals surface area contributed by atoms with E-state index in [9.17, 15) is 26.7 Å². The Hall–Kier alpha value is -3.08. The molecular weight excluding hydrogens is 411 g/mol. The van der Waals surface area contributed by atoms with E-state index in [0.717, 1.165) is 43.5 Å². The molecule has 0 saturated carbocycles. The summed E-state index contributed by atoms with van der Waals surface area (Å²) < 4.78 is 73.9. The quantitative estimate of drug-likeness (QED) is 0.728. The largest absolute Gasteiger partial charge is 0.385 e. The van der Waals surface area contributed by atoms with Crippen molar-refractivity contribution >= 4 is 17.4 Å². The van der Waals surface area contributed by atoms with Gasteiger partial charge in [-0.15, -0.1) is 0 Å². The van der Waals surface area contributed by atoms with Gasteiger partial charge in [-0.1, -0.05) is 0 Å². The number of halogens is 5. The average Bonchev–Trinajstić information content (AvgIpc) is 2.78. The van der Waals surface area contributed by atoms with Crippen molar-refractivity contribution in [1.82, 2.24) is 4.98 Å². The van der Waals surface area contributed by atoms with E-state index in [2.05, 4.69) is 15.3 Å². The standard InChI is InChI=1S/C19H17F5N4O2/c1-18(19(23,24)9-30-8-15(25)28-18)12-6-11(3-4-13(12)20)27-17(29)14-5-2-10(7-26-14)16(21)22/h2-7,16H,8-9H2,1H3,(H2,25,28)(H,27,29). The van der Waals surface area contributed by atoms with Gasteiger partial charge in [0.1, 0.15) is 30.6 Å². The van der Waals surface area contributed by atoms with Gasteiger partial charge >= 0.3 is 0 Å². The predicted molar refractivity (Wildman–Crippen MR) is 98.3 cm³/mol. The SMILES string of the molecule is CC1(c2cc(NC(=O)c3ccc(C(F)F)cn3)ccc2F)N=C(N)COCC1(F)F. The third kappa shape index (κ3) is 4.11. The number of aliphatic imine (C=N–C) groups is 1. The molecule has 1 amide bonds. The summed E-state index contributed by atoms with van der Waals surface area (Å²) in [6.45, 7) is -0.336. The smallest absolute Gasteiger partial charge is 0.299 e.